The lowest BCUT2D eigenvalue weighted by atomic mass is 10.1. The van der Waals surface area contributed by atoms with Gasteiger partial charge in [0.15, 0.2) is 5.65 Å². The average molecular weight is 386 g/mol. The summed E-state index contributed by atoms with van der Waals surface area (Å²) in [5.74, 6) is -0.911. The highest BCUT2D eigenvalue weighted by atomic mass is 16.2. The maximum Gasteiger partial charge on any atom is 0.271 e. The minimum atomic E-state index is -0.456. The second kappa shape index (κ2) is 7.51. The number of carbonyl (C=O) groups is 2. The van der Waals surface area contributed by atoms with Crippen LogP contribution in [-0.2, 0) is 7.05 Å². The quantitative estimate of drug-likeness (QED) is 0.527. The lowest BCUT2D eigenvalue weighted by molar-refractivity contribution is 0.0847. The van der Waals surface area contributed by atoms with Gasteiger partial charge < -0.3 is 0 Å². The van der Waals surface area contributed by atoms with Crippen LogP contribution in [0, 0.1) is 6.92 Å². The van der Waals surface area contributed by atoms with Crippen LogP contribution < -0.4 is 10.9 Å². The Kier molecular flexibility index (Phi) is 4.74. The molecule has 8 nitrogen and oxygen atoms in total. The zero-order valence-electron chi connectivity index (χ0n) is 15.9. The number of aromatic nitrogens is 4. The van der Waals surface area contributed by atoms with E-state index in [4.69, 9.17) is 0 Å². The molecule has 0 aliphatic rings. The fourth-order valence-corrected chi connectivity index (χ4v) is 3.13. The monoisotopic (exact) mass is 386 g/mol. The van der Waals surface area contributed by atoms with E-state index in [1.54, 1.807) is 36.1 Å². The Morgan fingerprint density at radius 3 is 2.48 bits per heavy atom. The molecule has 2 amide bonds. The summed E-state index contributed by atoms with van der Waals surface area (Å²) in [6, 6.07) is 14.5. The number of pyridine rings is 2. The molecule has 0 aliphatic heterocycles. The maximum atomic E-state index is 12.9. The van der Waals surface area contributed by atoms with Crippen LogP contribution in [0.2, 0.25) is 0 Å². The van der Waals surface area contributed by atoms with E-state index < -0.39 is 11.8 Å². The third-order valence-corrected chi connectivity index (χ3v) is 4.50. The number of nitrogens with one attached hydrogen (secondary N) is 2. The number of amides is 2. The van der Waals surface area contributed by atoms with Gasteiger partial charge in [0.1, 0.15) is 0 Å². The van der Waals surface area contributed by atoms with Crippen LogP contribution in [0.5, 0.6) is 0 Å². The molecular weight excluding hydrogens is 368 g/mol. The van der Waals surface area contributed by atoms with E-state index >= 15 is 0 Å². The van der Waals surface area contributed by atoms with Crippen LogP contribution in [0.25, 0.3) is 22.3 Å². The third kappa shape index (κ3) is 3.55. The van der Waals surface area contributed by atoms with Gasteiger partial charge in [-0.05, 0) is 25.1 Å². The molecule has 0 saturated carbocycles. The maximum absolute atomic E-state index is 12.9. The van der Waals surface area contributed by atoms with Crippen LogP contribution in [0.1, 0.15) is 26.4 Å². The van der Waals surface area contributed by atoms with Gasteiger partial charge in [-0.2, -0.15) is 5.10 Å². The summed E-state index contributed by atoms with van der Waals surface area (Å²) in [5.41, 5.74) is 8.41. The molecule has 1 aromatic carbocycles. The van der Waals surface area contributed by atoms with Crippen LogP contribution in [0.15, 0.2) is 60.9 Å². The molecule has 3 aromatic heterocycles. The zero-order valence-corrected chi connectivity index (χ0v) is 15.9. The number of hydrogen-bond donors (Lipinski definition) is 2. The minimum absolute atomic E-state index is 0.343. The first-order valence-corrected chi connectivity index (χ1v) is 8.95. The first-order valence-electron chi connectivity index (χ1n) is 8.95. The van der Waals surface area contributed by atoms with Crippen LogP contribution in [0.4, 0.5) is 0 Å². The number of hydrazine groups is 1. The largest absolute Gasteiger partial charge is 0.271 e. The summed E-state index contributed by atoms with van der Waals surface area (Å²) in [6.45, 7) is 1.82. The van der Waals surface area contributed by atoms with Gasteiger partial charge >= 0.3 is 0 Å². The van der Waals surface area contributed by atoms with Crippen molar-refractivity contribution in [3.63, 3.8) is 0 Å². The molecule has 0 bridgehead atoms. The van der Waals surface area contributed by atoms with Gasteiger partial charge in [-0.15, -0.1) is 0 Å². The molecule has 0 spiro atoms. The predicted octanol–water partition coefficient (Wildman–Crippen LogP) is 2.41. The molecule has 4 aromatic rings. The van der Waals surface area contributed by atoms with Crippen molar-refractivity contribution in [3.8, 4) is 11.3 Å². The molecule has 144 valence electrons. The number of rotatable bonds is 3. The van der Waals surface area contributed by atoms with E-state index in [2.05, 4.69) is 25.9 Å². The molecule has 0 unspecified atom stereocenters. The molecule has 0 fully saturated rings. The molecule has 8 heteroatoms. The van der Waals surface area contributed by atoms with E-state index in [1.807, 2.05) is 37.3 Å². The van der Waals surface area contributed by atoms with Crippen molar-refractivity contribution < 1.29 is 9.59 Å². The Balaban J connectivity index is 1.70. The molecule has 2 N–H and O–H groups in total. The number of fused-ring (bicyclic) bond motifs is 1. The van der Waals surface area contributed by atoms with Crippen molar-refractivity contribution in [1.29, 1.82) is 0 Å². The molecule has 4 rings (SSSR count). The van der Waals surface area contributed by atoms with Crippen LogP contribution in [0.3, 0.4) is 0 Å². The van der Waals surface area contributed by atoms with Crippen molar-refractivity contribution in [2.75, 3.05) is 0 Å². The zero-order chi connectivity index (χ0) is 20.4. The Bertz CT molecular complexity index is 1200. The fourth-order valence-electron chi connectivity index (χ4n) is 3.13. The lowest BCUT2D eigenvalue weighted by Crippen LogP contribution is -2.41. The normalized spacial score (nSPS) is 10.7. The summed E-state index contributed by atoms with van der Waals surface area (Å²) in [5, 5.41) is 5.03. The van der Waals surface area contributed by atoms with Gasteiger partial charge in [-0.3, -0.25) is 30.1 Å². The minimum Gasteiger partial charge on any atom is -0.267 e. The fraction of sp³-hybridized carbons (Fsp3) is 0.0952. The Morgan fingerprint density at radius 2 is 1.76 bits per heavy atom. The van der Waals surface area contributed by atoms with Crippen molar-refractivity contribution in [2.45, 2.75) is 6.92 Å². The molecule has 29 heavy (non-hydrogen) atoms. The Hall–Kier alpha value is -4.07. The van der Waals surface area contributed by atoms with Gasteiger partial charge in [0, 0.05) is 25.0 Å². The Labute approximate surface area is 166 Å². The van der Waals surface area contributed by atoms with Gasteiger partial charge in [0.05, 0.1) is 27.9 Å². The van der Waals surface area contributed by atoms with Crippen LogP contribution in [-0.4, -0.2) is 31.6 Å². The lowest BCUT2D eigenvalue weighted by Gasteiger charge is -2.10. The molecule has 0 aliphatic carbocycles. The highest BCUT2D eigenvalue weighted by molar-refractivity contribution is 6.08. The second-order valence-corrected chi connectivity index (χ2v) is 6.48. The number of carbonyl (C=O) groups excluding carboxylic acids is 2. The molecular formula is C21H18N6O2. The standard InChI is InChI=1S/C21H18N6O2/c1-13-18-16(21(29)25-24-20(28)15-9-6-10-22-12-15)11-17(14-7-4-3-5-8-14)23-19(18)27(2)26-13/h3-12H,1-2H3,(H,24,28)(H,25,29). The van der Waals surface area contributed by atoms with E-state index in [1.165, 1.54) is 6.20 Å². The number of hydrogen-bond acceptors (Lipinski definition) is 5. The van der Waals surface area contributed by atoms with Gasteiger partial charge in [0.25, 0.3) is 11.8 Å². The Morgan fingerprint density at radius 1 is 1.00 bits per heavy atom. The van der Waals surface area contributed by atoms with Crippen molar-refractivity contribution in [1.82, 2.24) is 30.6 Å². The van der Waals surface area contributed by atoms with E-state index in [9.17, 15) is 9.59 Å². The first-order chi connectivity index (χ1) is 14.0. The van der Waals surface area contributed by atoms with Gasteiger partial charge in [-0.25, -0.2) is 4.98 Å². The predicted molar refractivity (Wildman–Crippen MR) is 108 cm³/mol. The summed E-state index contributed by atoms with van der Waals surface area (Å²) < 4.78 is 1.64. The van der Waals surface area contributed by atoms with Crippen molar-refractivity contribution in [2.24, 2.45) is 7.05 Å². The highest BCUT2D eigenvalue weighted by Crippen LogP contribution is 2.26. The number of nitrogens with zero attached hydrogens (tertiary/aromatic N) is 4. The highest BCUT2D eigenvalue weighted by Gasteiger charge is 2.19. The molecule has 3 heterocycles. The molecule has 0 saturated heterocycles. The van der Waals surface area contributed by atoms with E-state index in [0.29, 0.717) is 33.5 Å². The topological polar surface area (TPSA) is 102 Å². The second-order valence-electron chi connectivity index (χ2n) is 6.48. The van der Waals surface area contributed by atoms with E-state index in [0.717, 1.165) is 5.56 Å². The van der Waals surface area contributed by atoms with Gasteiger partial charge in [0.2, 0.25) is 0 Å². The number of aryl methyl sites for hydroxylation is 2. The molecule has 0 atom stereocenters. The third-order valence-electron chi connectivity index (χ3n) is 4.50. The SMILES string of the molecule is Cc1nn(C)c2nc(-c3ccccc3)cc(C(=O)NNC(=O)c3cccnc3)c12. The summed E-state index contributed by atoms with van der Waals surface area (Å²) in [7, 11) is 1.78. The van der Waals surface area contributed by atoms with Crippen LogP contribution >= 0.6 is 0 Å². The van der Waals surface area contributed by atoms with Crippen molar-refractivity contribution >= 4 is 22.8 Å². The summed E-state index contributed by atoms with van der Waals surface area (Å²) in [6.07, 6.45) is 2.99. The smallest absolute Gasteiger partial charge is 0.267 e. The average Bonchev–Trinajstić information content (AvgIpc) is 3.06. The van der Waals surface area contributed by atoms with E-state index in [-0.39, 0.29) is 0 Å². The first kappa shape index (κ1) is 18.3. The summed E-state index contributed by atoms with van der Waals surface area (Å²) >= 11 is 0. The van der Waals surface area contributed by atoms with Crippen molar-refractivity contribution in [3.05, 3.63) is 77.7 Å². The van der Waals surface area contributed by atoms with Gasteiger partial charge in [-0.1, -0.05) is 30.3 Å². The summed E-state index contributed by atoms with van der Waals surface area (Å²) in [4.78, 5) is 33.7. The molecule has 0 radical (unpaired) electrons. The number of benzene rings is 1.